The van der Waals surface area contributed by atoms with Gasteiger partial charge in [-0.2, -0.15) is 13.2 Å². The van der Waals surface area contributed by atoms with E-state index in [1.165, 1.54) is 79.1 Å². The average Bonchev–Trinajstić information content (AvgIpc) is 1.02. The molecule has 150 heavy (non-hydrogen) atoms. The van der Waals surface area contributed by atoms with Gasteiger partial charge in [-0.25, -0.2) is 9.59 Å². The van der Waals surface area contributed by atoms with Crippen LogP contribution in [0.1, 0.15) is 149 Å². The molecule has 7 aromatic carbocycles. The fourth-order valence-corrected chi connectivity index (χ4v) is 21.6. The van der Waals surface area contributed by atoms with Crippen LogP contribution in [0.15, 0.2) is 240 Å². The van der Waals surface area contributed by atoms with E-state index in [4.69, 9.17) is 70.1 Å². The number of aryl methyl sites for hydroxylation is 2. The van der Waals surface area contributed by atoms with Crippen LogP contribution in [-0.2, 0) is 54.0 Å². The van der Waals surface area contributed by atoms with E-state index in [2.05, 4.69) is 17.6 Å². The van der Waals surface area contributed by atoms with E-state index in [1.807, 2.05) is 244 Å². The Bertz CT molecular complexity index is 6050. The maximum atomic E-state index is 14.2. The molecule has 804 valence electrons. The smallest absolute Gasteiger partial charge is 0.416 e. The molecule has 10 amide bonds. The van der Waals surface area contributed by atoms with Gasteiger partial charge in [-0.1, -0.05) is 91.9 Å². The first-order chi connectivity index (χ1) is 70.6. The van der Waals surface area contributed by atoms with Gasteiger partial charge in [-0.3, -0.25) is 58.0 Å². The summed E-state index contributed by atoms with van der Waals surface area (Å²) in [6, 6.07) is 60.7. The van der Waals surface area contributed by atoms with E-state index in [-0.39, 0.29) is 113 Å². The molecule has 2 unspecified atom stereocenters. The summed E-state index contributed by atoms with van der Waals surface area (Å²) in [6.07, 6.45) is -4.47. The summed E-state index contributed by atoms with van der Waals surface area (Å²) in [7, 11) is 0. The molecular weight excluding hydrogens is 2130 g/mol. The number of hydrogen-bond donors (Lipinski definition) is 2. The first-order valence-corrected chi connectivity index (χ1v) is 54.2. The fourth-order valence-electron chi connectivity index (χ4n) is 17.8. The van der Waals surface area contributed by atoms with Crippen molar-refractivity contribution < 1.29 is 84.8 Å². The third-order valence-corrected chi connectivity index (χ3v) is 29.2. The van der Waals surface area contributed by atoms with Crippen LogP contribution in [-0.4, -0.2) is 226 Å². The number of thiophene rings is 4. The monoisotopic (exact) mass is 2250 g/mol. The molecule has 4 aromatic heterocycles. The van der Waals surface area contributed by atoms with Gasteiger partial charge in [0.05, 0.1) is 5.56 Å². The zero-order chi connectivity index (χ0) is 107. The molecule has 0 saturated carbocycles. The summed E-state index contributed by atoms with van der Waals surface area (Å²) in [4.78, 5) is 153. The van der Waals surface area contributed by atoms with Gasteiger partial charge in [0, 0.05) is 144 Å². The van der Waals surface area contributed by atoms with Gasteiger partial charge in [0.15, 0.2) is 0 Å². The van der Waals surface area contributed by atoms with E-state index >= 15 is 0 Å². The molecule has 8 heterocycles. The van der Waals surface area contributed by atoms with Crippen LogP contribution >= 0.6 is 117 Å². The fraction of sp³-hybridized carbons (Fsp3) is 0.382. The number of para-hydroxylation sites is 3. The Hall–Kier alpha value is -11.5. The maximum absolute atomic E-state index is 14.2. The molecule has 11 aromatic rings. The van der Waals surface area contributed by atoms with Gasteiger partial charge in [0.25, 0.3) is 23.6 Å². The number of anilines is 4. The highest BCUT2D eigenvalue weighted by Gasteiger charge is 2.46. The minimum absolute atomic E-state index is 0. The van der Waals surface area contributed by atoms with Crippen molar-refractivity contribution in [2.24, 2.45) is 0 Å². The number of nitrogens with zero attached hydrogens (tertiary/aromatic N) is 10. The molecule has 40 heteroatoms. The van der Waals surface area contributed by atoms with Crippen molar-refractivity contribution in [2.75, 3.05) is 115 Å². The number of hydrogen-bond acceptors (Lipinski definition) is 21. The second-order valence-electron chi connectivity index (χ2n) is 38.0. The van der Waals surface area contributed by atoms with Gasteiger partial charge in [-0.15, -0.1) is 117 Å². The van der Waals surface area contributed by atoms with Crippen molar-refractivity contribution in [2.45, 2.75) is 175 Å². The Morgan fingerprint density at radius 3 is 1.05 bits per heavy atom. The van der Waals surface area contributed by atoms with E-state index < -0.39 is 82.9 Å². The second-order valence-corrected chi connectivity index (χ2v) is 43.0. The molecule has 0 spiro atoms. The lowest BCUT2D eigenvalue weighted by atomic mass is 10.0. The lowest BCUT2D eigenvalue weighted by Gasteiger charge is -2.42. The van der Waals surface area contributed by atoms with Gasteiger partial charge in [0.2, 0.25) is 23.6 Å². The minimum atomic E-state index is -4.60. The lowest BCUT2D eigenvalue weighted by Crippen LogP contribution is -2.58. The topological polar surface area (TPSA) is 273 Å². The number of piperazine rings is 4. The van der Waals surface area contributed by atoms with E-state index in [0.29, 0.717) is 116 Å². The van der Waals surface area contributed by atoms with Crippen molar-refractivity contribution in [1.29, 1.82) is 0 Å². The summed E-state index contributed by atoms with van der Waals surface area (Å²) in [5.41, 5.74) is 1.06. The molecule has 4 fully saturated rings. The minimum Gasteiger partial charge on any atom is -0.457 e. The zero-order valence-corrected chi connectivity index (χ0v) is 93.7. The molecular formula is C110H127Cl6F3N12O15S4. The highest BCUT2D eigenvalue weighted by atomic mass is 35.5. The number of halogens is 9. The van der Waals surface area contributed by atoms with E-state index in [1.54, 1.807) is 90.5 Å². The molecule has 2 N–H and O–H groups in total. The maximum Gasteiger partial charge on any atom is 0.416 e. The Labute approximate surface area is 922 Å². The van der Waals surface area contributed by atoms with Gasteiger partial charge in [0.1, 0.15) is 93.4 Å². The molecule has 9 atom stereocenters. The molecule has 27 nitrogen and oxygen atoms in total. The number of rotatable bonds is 27. The highest BCUT2D eigenvalue weighted by Crippen LogP contribution is 2.45. The first kappa shape index (κ1) is 120. The Morgan fingerprint density at radius 1 is 0.387 bits per heavy atom. The molecule has 0 radical (unpaired) electrons. The number of nitrogens with one attached hydrogen (secondary N) is 2. The van der Waals surface area contributed by atoms with Gasteiger partial charge >= 0.3 is 18.4 Å². The molecule has 0 bridgehead atoms. The third-order valence-electron chi connectivity index (χ3n) is 24.6. The molecule has 0 aliphatic carbocycles. The SMILES string of the molecule is CC[C@H]1CN(C(=O)C(c2cccs2)N(C(=O)CCl)c2ccc(Oc3ccccc3)cc2)CCN1.Cc1c(N(C(=O)CCl)C(C(=O)N2C[C@@H](C)N[C@@H](C)C2)c2cccs2)cccc1C(F)(F)F.Cc1cc(Oc2ccccc2)ccc1N(C(=O)CCl)[C@@H](C(=O)N1CCN(C(=O)OC(C)(C)C)[C@H](C)C1)c1cccs1.Cc1cc(Oc2ccccc2)ccc1N(C(=O)CCl)[C@H](C(=O)N1CCN(C(=O)OC(C)(C)C)[C@H](C)C1)c1cccs1.Cl.Cl. The number of alkyl halides is 7. The van der Waals surface area contributed by atoms with E-state index in [9.17, 15) is 61.1 Å². The van der Waals surface area contributed by atoms with Crippen LogP contribution < -0.4 is 44.4 Å². The van der Waals surface area contributed by atoms with E-state index in [0.717, 1.165) is 55.4 Å². The average molecular weight is 2260 g/mol. The quantitative estimate of drug-likeness (QED) is 0.0453. The first-order valence-electron chi connectivity index (χ1n) is 48.6. The summed E-state index contributed by atoms with van der Waals surface area (Å²) < 4.78 is 69.7. The largest absolute Gasteiger partial charge is 0.457 e. The standard InChI is InChI=1S/2C31H36ClN3O5S.C26H28ClN3O3S.C22H25ClF3N3O2S.2ClH/c2*1-21-18-24(39-23-10-7-6-8-11-23)13-14-25(21)35(27(36)19-32)28(26-12-9-17-41-26)29(37)33-15-16-34(22(2)20-33)30(38)40-31(3,4)5;1-2-19-18-29(15-14-28-19)26(32)25(23-9-6-16-34-23)30(24(31)17-27)20-10-12-22(13-11-20)33-21-7-4-3-5-8-21;1-13-11-28(12-14(2)27-13)21(31)20(18-8-5-9-32-18)29(19(30)10-23)17-7-4-6-16(15(17)3)22(24,25)26;;/h2*6-14,17-18,22,28H,15-16,19-20H2,1-5H3;3-13,16,19,25,28H,2,14-15,17-18H2,1H3;4-9,13-14,20,27H,10-12H2,1-3H3;2*1H/t22-,28+;22-,28-;19-,25?;13-,14+,20?;;/m110.../s1. The van der Waals surface area contributed by atoms with Crippen LogP contribution in [0.3, 0.4) is 0 Å². The molecule has 4 saturated heterocycles. The second kappa shape index (κ2) is 55.7. The normalized spacial score (nSPS) is 16.9. The molecule has 4 aliphatic rings. The number of benzene rings is 7. The van der Waals surface area contributed by atoms with Crippen molar-refractivity contribution >= 4 is 199 Å². The van der Waals surface area contributed by atoms with Gasteiger partial charge in [-0.05, 0) is 268 Å². The lowest BCUT2D eigenvalue weighted by molar-refractivity contribution is -0.138. The number of carbonyl (C=O) groups is 10. The van der Waals surface area contributed by atoms with Gasteiger partial charge < -0.3 is 63.7 Å². The third kappa shape index (κ3) is 31.8. The highest BCUT2D eigenvalue weighted by molar-refractivity contribution is 7.11. The predicted molar refractivity (Wildman–Crippen MR) is 595 cm³/mol. The zero-order valence-electron chi connectivity index (χ0n) is 85.8. The van der Waals surface area contributed by atoms with Crippen molar-refractivity contribution in [3.05, 3.63) is 282 Å². The van der Waals surface area contributed by atoms with Crippen LogP contribution in [0.5, 0.6) is 34.5 Å². The Morgan fingerprint density at radius 2 is 0.720 bits per heavy atom. The Balaban J connectivity index is 0.000000204. The van der Waals surface area contributed by atoms with Crippen molar-refractivity contribution in [1.82, 2.24) is 40.0 Å². The Kier molecular flexibility index (Phi) is 44.7. The van der Waals surface area contributed by atoms with Crippen molar-refractivity contribution in [3.63, 3.8) is 0 Å². The number of carbonyl (C=O) groups excluding carboxylic acids is 10. The molecule has 15 rings (SSSR count). The van der Waals surface area contributed by atoms with Crippen LogP contribution in [0.4, 0.5) is 45.5 Å². The van der Waals surface area contributed by atoms with Crippen LogP contribution in [0.2, 0.25) is 0 Å². The molecule has 4 aliphatic heterocycles. The van der Waals surface area contributed by atoms with Crippen molar-refractivity contribution in [3.8, 4) is 34.5 Å². The summed E-state index contributed by atoms with van der Waals surface area (Å²) in [5.74, 6) is 0.0453. The van der Waals surface area contributed by atoms with Crippen LogP contribution in [0.25, 0.3) is 0 Å². The summed E-state index contributed by atoms with van der Waals surface area (Å²) in [5, 5.41) is 14.2. The summed E-state index contributed by atoms with van der Waals surface area (Å²) >= 11 is 29.7. The summed E-state index contributed by atoms with van der Waals surface area (Å²) in [6.45, 7) is 30.5. The number of ether oxygens (including phenoxy) is 5. The predicted octanol–water partition coefficient (Wildman–Crippen LogP) is 23.8. The van der Waals surface area contributed by atoms with Crippen LogP contribution in [0, 0.1) is 20.8 Å². The number of amides is 10.